The van der Waals surface area contributed by atoms with E-state index in [1.807, 2.05) is 95.9 Å². The molecule has 0 aromatic heterocycles. The fourth-order valence-electron chi connectivity index (χ4n) is 5.73. The fraction of sp³-hybridized carbons (Fsp3) is 0.257. The number of aliphatic hydroxyl groups is 1. The first kappa shape index (κ1) is 27.5. The van der Waals surface area contributed by atoms with E-state index in [-0.39, 0.29) is 12.5 Å². The van der Waals surface area contributed by atoms with E-state index in [4.69, 9.17) is 24.3 Å². The Morgan fingerprint density at radius 3 is 2.45 bits per heavy atom. The van der Waals surface area contributed by atoms with Crippen LogP contribution in [0.25, 0.3) is 0 Å². The average Bonchev–Trinajstić information content (AvgIpc) is 3.37. The van der Waals surface area contributed by atoms with Gasteiger partial charge in [0.1, 0.15) is 11.5 Å². The van der Waals surface area contributed by atoms with Gasteiger partial charge >= 0.3 is 0 Å². The van der Waals surface area contributed by atoms with Gasteiger partial charge in [-0.25, -0.2) is 4.99 Å². The number of carbonyl (C=O) groups is 1. The van der Waals surface area contributed by atoms with Gasteiger partial charge in [0.2, 0.25) is 5.90 Å². The molecule has 4 aromatic carbocycles. The van der Waals surface area contributed by atoms with Gasteiger partial charge in [0.15, 0.2) is 11.6 Å². The molecule has 2 aliphatic rings. The van der Waals surface area contributed by atoms with E-state index in [0.29, 0.717) is 49.9 Å². The van der Waals surface area contributed by atoms with E-state index in [9.17, 15) is 4.79 Å². The Morgan fingerprint density at radius 2 is 1.69 bits per heavy atom. The van der Waals surface area contributed by atoms with Crippen LogP contribution in [0.5, 0.6) is 11.5 Å². The third-order valence-corrected chi connectivity index (χ3v) is 7.85. The number of fused-ring (bicyclic) bond motifs is 1. The van der Waals surface area contributed by atoms with Crippen molar-refractivity contribution in [1.82, 2.24) is 4.90 Å². The number of benzene rings is 4. The van der Waals surface area contributed by atoms with Crippen LogP contribution in [0.4, 0.5) is 0 Å². The Kier molecular flexibility index (Phi) is 7.93. The molecule has 0 saturated carbocycles. The van der Waals surface area contributed by atoms with Gasteiger partial charge in [0.05, 0.1) is 13.7 Å². The first-order valence-electron chi connectivity index (χ1n) is 14.2. The molecule has 1 N–H and O–H groups in total. The Labute approximate surface area is 246 Å². The molecule has 6 rings (SSSR count). The second-order valence-electron chi connectivity index (χ2n) is 10.7. The maximum Gasteiger partial charge on any atom is 0.255 e. The molecule has 2 heterocycles. The summed E-state index contributed by atoms with van der Waals surface area (Å²) in [6.45, 7) is 1.46. The van der Waals surface area contributed by atoms with Gasteiger partial charge < -0.3 is 24.2 Å². The Hall–Kier alpha value is -4.62. The molecule has 2 aliphatic heterocycles. The van der Waals surface area contributed by atoms with E-state index in [1.165, 1.54) is 0 Å². The quantitative estimate of drug-likeness (QED) is 0.273. The number of amides is 1. The number of carbonyl (C=O) groups excluding carboxylic acids is 1. The molecule has 0 bridgehead atoms. The molecule has 1 spiro atoms. The van der Waals surface area contributed by atoms with Gasteiger partial charge in [0, 0.05) is 38.1 Å². The van der Waals surface area contributed by atoms with Gasteiger partial charge in [-0.2, -0.15) is 0 Å². The number of aliphatic hydroxyl groups excluding tert-OH is 1. The highest BCUT2D eigenvalue weighted by Crippen LogP contribution is 2.46. The lowest BCUT2D eigenvalue weighted by Gasteiger charge is -2.33. The molecule has 7 heteroatoms. The molecule has 4 aromatic rings. The van der Waals surface area contributed by atoms with E-state index >= 15 is 0 Å². The molecule has 7 nitrogen and oxygen atoms in total. The van der Waals surface area contributed by atoms with Crippen molar-refractivity contribution in [2.75, 3.05) is 20.3 Å². The molecule has 42 heavy (non-hydrogen) atoms. The van der Waals surface area contributed by atoms with Crippen molar-refractivity contribution in [2.24, 2.45) is 4.99 Å². The molecule has 0 fully saturated rings. The first-order valence-corrected chi connectivity index (χ1v) is 14.2. The second-order valence-corrected chi connectivity index (χ2v) is 10.7. The van der Waals surface area contributed by atoms with E-state index in [2.05, 4.69) is 12.1 Å². The smallest absolute Gasteiger partial charge is 0.255 e. The topological polar surface area (TPSA) is 80.6 Å². The van der Waals surface area contributed by atoms with Crippen molar-refractivity contribution >= 4 is 11.8 Å². The average molecular weight is 563 g/mol. The van der Waals surface area contributed by atoms with Crippen molar-refractivity contribution < 1.29 is 24.1 Å². The van der Waals surface area contributed by atoms with Crippen molar-refractivity contribution in [3.63, 3.8) is 0 Å². The van der Waals surface area contributed by atoms with Gasteiger partial charge in [-0.05, 0) is 58.7 Å². The largest absolute Gasteiger partial charge is 0.497 e. The number of methoxy groups -OCH3 is 1. The molecular formula is C35H34N2O5. The Balaban J connectivity index is 1.45. The summed E-state index contributed by atoms with van der Waals surface area (Å²) >= 11 is 0. The van der Waals surface area contributed by atoms with E-state index < -0.39 is 11.6 Å². The summed E-state index contributed by atoms with van der Waals surface area (Å²) in [6, 6.07) is 33.5. The zero-order valence-corrected chi connectivity index (χ0v) is 23.6. The van der Waals surface area contributed by atoms with Crippen LogP contribution < -0.4 is 9.47 Å². The highest BCUT2D eigenvalue weighted by atomic mass is 16.5. The predicted molar refractivity (Wildman–Crippen MR) is 161 cm³/mol. The Morgan fingerprint density at radius 1 is 0.929 bits per heavy atom. The number of aliphatic imine (C=N–C) groups is 1. The molecule has 0 saturated heterocycles. The third-order valence-electron chi connectivity index (χ3n) is 7.85. The van der Waals surface area contributed by atoms with E-state index in [0.717, 1.165) is 27.8 Å². The third kappa shape index (κ3) is 5.48. The van der Waals surface area contributed by atoms with Gasteiger partial charge in [-0.3, -0.25) is 4.79 Å². The summed E-state index contributed by atoms with van der Waals surface area (Å²) in [5, 5.41) is 9.06. The van der Waals surface area contributed by atoms with Gasteiger partial charge in [0.25, 0.3) is 5.91 Å². The number of hydrogen-bond donors (Lipinski definition) is 1. The maximum absolute atomic E-state index is 14.8. The van der Waals surface area contributed by atoms with Crippen LogP contribution in [-0.2, 0) is 29.0 Å². The van der Waals surface area contributed by atoms with Crippen LogP contribution in [-0.4, -0.2) is 47.7 Å². The van der Waals surface area contributed by atoms with Crippen LogP contribution in [0.2, 0.25) is 0 Å². The summed E-state index contributed by atoms with van der Waals surface area (Å²) in [6.07, 6.45) is 0.298. The zero-order chi connectivity index (χ0) is 28.9. The van der Waals surface area contributed by atoms with Crippen molar-refractivity contribution in [3.05, 3.63) is 131 Å². The monoisotopic (exact) mass is 562 g/mol. The second kappa shape index (κ2) is 12.1. The fourth-order valence-corrected chi connectivity index (χ4v) is 5.73. The highest BCUT2D eigenvalue weighted by Gasteiger charge is 2.56. The van der Waals surface area contributed by atoms with Crippen LogP contribution in [0.15, 0.2) is 108 Å². The van der Waals surface area contributed by atoms with Crippen LogP contribution in [0.1, 0.15) is 40.3 Å². The summed E-state index contributed by atoms with van der Waals surface area (Å²) in [5.41, 5.74) is 3.60. The lowest BCUT2D eigenvalue weighted by molar-refractivity contribution is -0.140. The van der Waals surface area contributed by atoms with E-state index in [1.54, 1.807) is 7.11 Å². The SMILES string of the molecule is COc1cccc([C@@H]2OC(c3ccc(OCCCO)cc3)=N[C@@]23Cc2ccccc2CN(Cc2ccccc2)C3=O)c1. The Bertz CT molecular complexity index is 1570. The summed E-state index contributed by atoms with van der Waals surface area (Å²) in [4.78, 5) is 21.9. The molecule has 0 unspecified atom stereocenters. The lowest BCUT2D eigenvalue weighted by atomic mass is 9.81. The molecule has 0 radical (unpaired) electrons. The molecule has 214 valence electrons. The zero-order valence-electron chi connectivity index (χ0n) is 23.6. The maximum atomic E-state index is 14.8. The minimum absolute atomic E-state index is 0.0747. The van der Waals surface area contributed by atoms with Crippen molar-refractivity contribution in [3.8, 4) is 11.5 Å². The summed E-state index contributed by atoms with van der Waals surface area (Å²) in [5.74, 6) is 1.72. The first-order chi connectivity index (χ1) is 20.6. The van der Waals surface area contributed by atoms with Crippen LogP contribution in [0.3, 0.4) is 0 Å². The number of nitrogens with zero attached hydrogens (tertiary/aromatic N) is 2. The highest BCUT2D eigenvalue weighted by molar-refractivity contribution is 6.01. The molecule has 0 aliphatic carbocycles. The number of ether oxygens (including phenoxy) is 3. The van der Waals surface area contributed by atoms with Gasteiger partial charge in [-0.1, -0.05) is 66.7 Å². The van der Waals surface area contributed by atoms with Gasteiger partial charge in [-0.15, -0.1) is 0 Å². The van der Waals surface area contributed by atoms with Crippen LogP contribution in [0, 0.1) is 0 Å². The summed E-state index contributed by atoms with van der Waals surface area (Å²) in [7, 11) is 1.63. The summed E-state index contributed by atoms with van der Waals surface area (Å²) < 4.78 is 17.9. The molecule has 1 amide bonds. The number of rotatable bonds is 9. The standard InChI is InChI=1S/C35H34N2O5/c1-40-31-14-7-13-27(21-31)32-35(36-33(42-32)26-15-17-30(18-16-26)41-20-8-19-38)22-28-11-5-6-12-29(28)24-37(34(35)39)23-25-9-3-2-4-10-25/h2-7,9-18,21,32,38H,8,19-20,22-24H2,1H3/t32-,35-/m0/s1. The predicted octanol–water partition coefficient (Wildman–Crippen LogP) is 5.50. The lowest BCUT2D eigenvalue weighted by Crippen LogP contribution is -2.49. The minimum Gasteiger partial charge on any atom is -0.497 e. The molecular weight excluding hydrogens is 528 g/mol. The van der Waals surface area contributed by atoms with Crippen molar-refractivity contribution in [1.29, 1.82) is 0 Å². The minimum atomic E-state index is -1.22. The normalized spacial score (nSPS) is 19.6. The molecule has 2 atom stereocenters. The van der Waals surface area contributed by atoms with Crippen LogP contribution >= 0.6 is 0 Å². The van der Waals surface area contributed by atoms with Crippen molar-refractivity contribution in [2.45, 2.75) is 37.6 Å². The number of hydrogen-bond acceptors (Lipinski definition) is 6.